The van der Waals surface area contributed by atoms with Gasteiger partial charge in [0.15, 0.2) is 0 Å². The molecule has 3 heteroatoms. The highest BCUT2D eigenvalue weighted by Gasteiger charge is 2.41. The van der Waals surface area contributed by atoms with E-state index in [-0.39, 0.29) is 6.61 Å². The van der Waals surface area contributed by atoms with Crippen LogP contribution in [0.4, 0.5) is 0 Å². The molecule has 0 aliphatic rings. The van der Waals surface area contributed by atoms with E-state index in [1.54, 1.807) is 36.4 Å². The molecule has 3 nitrogen and oxygen atoms in total. The predicted octanol–water partition coefficient (Wildman–Crippen LogP) is 3.97. The number of aliphatic hydroxyl groups is 1. The molecule has 3 aromatic rings. The van der Waals surface area contributed by atoms with Gasteiger partial charge in [-0.25, -0.2) is 4.79 Å². The van der Waals surface area contributed by atoms with Crippen molar-refractivity contribution in [3.8, 4) is 0 Å². The van der Waals surface area contributed by atoms with Gasteiger partial charge in [0.1, 0.15) is 6.61 Å². The van der Waals surface area contributed by atoms with Gasteiger partial charge >= 0.3 is 5.97 Å². The molecule has 0 radical (unpaired) electrons. The molecule has 3 aromatic carbocycles. The second-order valence-electron chi connectivity index (χ2n) is 6.00. The maximum Gasteiger partial charge on any atom is 0.348 e. The van der Waals surface area contributed by atoms with E-state index in [2.05, 4.69) is 0 Å². The first-order valence-electron chi connectivity index (χ1n) is 8.17. The summed E-state index contributed by atoms with van der Waals surface area (Å²) in [4.78, 5) is 12.9. The molecule has 0 saturated heterocycles. The average molecular weight is 332 g/mol. The van der Waals surface area contributed by atoms with Gasteiger partial charge in [-0.1, -0.05) is 90.5 Å². The molecule has 126 valence electrons. The van der Waals surface area contributed by atoms with E-state index in [1.165, 1.54) is 0 Å². The Balaban J connectivity index is 1.93. The third kappa shape index (κ3) is 3.62. The molecular weight excluding hydrogens is 312 g/mol. The molecule has 3 rings (SSSR count). The SMILES string of the molecule is Cc1ccc([C@](O)(C(=O)OCc2ccccc2)c2ccccc2)cc1. The molecule has 1 N–H and O–H groups in total. The Kier molecular flexibility index (Phi) is 4.96. The van der Waals surface area contributed by atoms with Crippen molar-refractivity contribution >= 4 is 5.97 Å². The van der Waals surface area contributed by atoms with Crippen molar-refractivity contribution in [2.75, 3.05) is 0 Å². The normalized spacial score (nSPS) is 13.0. The number of carbonyl (C=O) groups excluding carboxylic acids is 1. The van der Waals surface area contributed by atoms with Gasteiger partial charge in [-0.2, -0.15) is 0 Å². The zero-order valence-corrected chi connectivity index (χ0v) is 14.1. The maximum atomic E-state index is 12.9. The number of carbonyl (C=O) groups is 1. The standard InChI is InChI=1S/C22H20O3/c1-17-12-14-20(15-13-17)22(24,19-10-6-3-7-11-19)21(23)25-16-18-8-4-2-5-9-18/h2-15,24H,16H2,1H3/t22-/m0/s1. The largest absolute Gasteiger partial charge is 0.458 e. The van der Waals surface area contributed by atoms with Crippen LogP contribution >= 0.6 is 0 Å². The minimum absolute atomic E-state index is 0.112. The summed E-state index contributed by atoms with van der Waals surface area (Å²) in [5.74, 6) is -0.689. The summed E-state index contributed by atoms with van der Waals surface area (Å²) in [7, 11) is 0. The highest BCUT2D eigenvalue weighted by molar-refractivity contribution is 5.85. The van der Waals surface area contributed by atoms with Crippen molar-refractivity contribution < 1.29 is 14.6 Å². The lowest BCUT2D eigenvalue weighted by atomic mass is 9.86. The zero-order valence-electron chi connectivity index (χ0n) is 14.1. The van der Waals surface area contributed by atoms with E-state index < -0.39 is 11.6 Å². The third-order valence-corrected chi connectivity index (χ3v) is 4.17. The van der Waals surface area contributed by atoms with Crippen molar-refractivity contribution in [3.05, 3.63) is 107 Å². The average Bonchev–Trinajstić information content (AvgIpc) is 2.67. The lowest BCUT2D eigenvalue weighted by Crippen LogP contribution is -2.38. The Morgan fingerprint density at radius 2 is 1.36 bits per heavy atom. The molecule has 0 aromatic heterocycles. The molecule has 0 bridgehead atoms. The minimum atomic E-state index is -1.84. The van der Waals surface area contributed by atoms with Gasteiger partial charge in [0, 0.05) is 0 Å². The Bertz CT molecular complexity index is 826. The van der Waals surface area contributed by atoms with Crippen LogP contribution in [-0.4, -0.2) is 11.1 Å². The highest BCUT2D eigenvalue weighted by atomic mass is 16.5. The first-order chi connectivity index (χ1) is 12.1. The molecule has 0 heterocycles. The number of rotatable bonds is 5. The van der Waals surface area contributed by atoms with Crippen LogP contribution in [0.25, 0.3) is 0 Å². The van der Waals surface area contributed by atoms with Crippen LogP contribution in [0.2, 0.25) is 0 Å². The van der Waals surface area contributed by atoms with E-state index in [0.29, 0.717) is 11.1 Å². The van der Waals surface area contributed by atoms with Crippen LogP contribution in [0.1, 0.15) is 22.3 Å². The van der Waals surface area contributed by atoms with E-state index in [4.69, 9.17) is 4.74 Å². The Labute approximate surface area is 147 Å². The van der Waals surface area contributed by atoms with Gasteiger partial charge in [0.05, 0.1) is 0 Å². The third-order valence-electron chi connectivity index (χ3n) is 4.17. The predicted molar refractivity (Wildman–Crippen MR) is 96.9 cm³/mol. The second-order valence-corrected chi connectivity index (χ2v) is 6.00. The van der Waals surface area contributed by atoms with E-state index in [9.17, 15) is 9.90 Å². The number of hydrogen-bond donors (Lipinski definition) is 1. The topological polar surface area (TPSA) is 46.5 Å². The number of ether oxygens (including phenoxy) is 1. The molecule has 0 amide bonds. The number of esters is 1. The summed E-state index contributed by atoms with van der Waals surface area (Å²) in [6, 6.07) is 25.5. The van der Waals surface area contributed by atoms with Gasteiger partial charge in [-0.3, -0.25) is 0 Å². The van der Waals surface area contributed by atoms with Crippen molar-refractivity contribution in [1.82, 2.24) is 0 Å². The number of hydrogen-bond acceptors (Lipinski definition) is 3. The molecular formula is C22H20O3. The first-order valence-corrected chi connectivity index (χ1v) is 8.17. The first kappa shape index (κ1) is 16.9. The molecule has 1 atom stereocenters. The van der Waals surface area contributed by atoms with Crippen molar-refractivity contribution in [2.45, 2.75) is 19.1 Å². The van der Waals surface area contributed by atoms with Gasteiger partial charge in [-0.05, 0) is 23.6 Å². The molecule has 0 aliphatic heterocycles. The number of benzene rings is 3. The molecule has 25 heavy (non-hydrogen) atoms. The summed E-state index contributed by atoms with van der Waals surface area (Å²) in [6.45, 7) is 2.07. The summed E-state index contributed by atoms with van der Waals surface area (Å²) < 4.78 is 5.44. The molecule has 0 spiro atoms. The van der Waals surface area contributed by atoms with Crippen LogP contribution in [-0.2, 0) is 21.7 Å². The van der Waals surface area contributed by atoms with Crippen LogP contribution in [0.5, 0.6) is 0 Å². The van der Waals surface area contributed by atoms with Crippen LogP contribution in [0.3, 0.4) is 0 Å². The Morgan fingerprint density at radius 3 is 1.96 bits per heavy atom. The molecule has 0 aliphatic carbocycles. The van der Waals surface area contributed by atoms with Gasteiger partial charge < -0.3 is 9.84 Å². The van der Waals surface area contributed by atoms with Crippen LogP contribution < -0.4 is 0 Å². The molecule has 0 fully saturated rings. The monoisotopic (exact) mass is 332 g/mol. The maximum absolute atomic E-state index is 12.9. The van der Waals surface area contributed by atoms with E-state index >= 15 is 0 Å². The van der Waals surface area contributed by atoms with Gasteiger partial charge in [-0.15, -0.1) is 0 Å². The number of aryl methyl sites for hydroxylation is 1. The Morgan fingerprint density at radius 1 is 0.840 bits per heavy atom. The summed E-state index contributed by atoms with van der Waals surface area (Å²) >= 11 is 0. The zero-order chi connectivity index (χ0) is 17.7. The lowest BCUT2D eigenvalue weighted by molar-refractivity contribution is -0.163. The molecule has 0 unspecified atom stereocenters. The summed E-state index contributed by atoms with van der Waals surface area (Å²) in [6.07, 6.45) is 0. The summed E-state index contributed by atoms with van der Waals surface area (Å²) in [5, 5.41) is 11.3. The quantitative estimate of drug-likeness (QED) is 0.719. The minimum Gasteiger partial charge on any atom is -0.458 e. The second kappa shape index (κ2) is 7.32. The van der Waals surface area contributed by atoms with E-state index in [0.717, 1.165) is 11.1 Å². The van der Waals surface area contributed by atoms with Gasteiger partial charge in [0.2, 0.25) is 5.60 Å². The molecule has 0 saturated carbocycles. The Hall–Kier alpha value is -2.91. The fourth-order valence-electron chi connectivity index (χ4n) is 2.70. The van der Waals surface area contributed by atoms with Crippen molar-refractivity contribution in [1.29, 1.82) is 0 Å². The fourth-order valence-corrected chi connectivity index (χ4v) is 2.70. The highest BCUT2D eigenvalue weighted by Crippen LogP contribution is 2.31. The van der Waals surface area contributed by atoms with Crippen LogP contribution in [0.15, 0.2) is 84.9 Å². The lowest BCUT2D eigenvalue weighted by Gasteiger charge is -2.27. The van der Waals surface area contributed by atoms with E-state index in [1.807, 2.05) is 55.5 Å². The van der Waals surface area contributed by atoms with Crippen molar-refractivity contribution in [3.63, 3.8) is 0 Å². The summed E-state index contributed by atoms with van der Waals surface area (Å²) in [5.41, 5.74) is 1.05. The van der Waals surface area contributed by atoms with Crippen molar-refractivity contribution in [2.24, 2.45) is 0 Å². The fraction of sp³-hybridized carbons (Fsp3) is 0.136. The van der Waals surface area contributed by atoms with Gasteiger partial charge in [0.25, 0.3) is 0 Å². The smallest absolute Gasteiger partial charge is 0.348 e. The van der Waals surface area contributed by atoms with Crippen LogP contribution in [0, 0.1) is 6.92 Å².